The van der Waals surface area contributed by atoms with E-state index in [9.17, 15) is 14.9 Å². The molecule has 0 atom stereocenters. The second kappa shape index (κ2) is 3.94. The Hall–Kier alpha value is -1.13. The Morgan fingerprint density at radius 1 is 1.50 bits per heavy atom. The molecule has 0 saturated carbocycles. The number of benzene rings is 1. The molecule has 1 rings (SSSR count). The largest absolute Gasteiger partial charge is 0.281 e. The maximum Gasteiger partial charge on any atom is 0.281 e. The van der Waals surface area contributed by atoms with Gasteiger partial charge in [0.05, 0.1) is 4.92 Å². The molecule has 74 valence electrons. The van der Waals surface area contributed by atoms with Crippen molar-refractivity contribution in [2.24, 2.45) is 0 Å². The summed E-state index contributed by atoms with van der Waals surface area (Å²) in [5.74, 6) is 0. The number of rotatable bonds is 2. The highest BCUT2D eigenvalue weighted by Gasteiger charge is 2.22. The zero-order chi connectivity index (χ0) is 10.9. The van der Waals surface area contributed by atoms with Crippen LogP contribution in [0.5, 0.6) is 0 Å². The fourth-order valence-electron chi connectivity index (χ4n) is 1.07. The van der Waals surface area contributed by atoms with Gasteiger partial charge in [0.25, 0.3) is 10.9 Å². The van der Waals surface area contributed by atoms with Crippen molar-refractivity contribution in [2.75, 3.05) is 0 Å². The Bertz CT molecular complexity index is 417. The lowest BCUT2D eigenvalue weighted by molar-refractivity contribution is -0.385. The smallest absolute Gasteiger partial charge is 0.275 e. The number of nitro benzene ring substituents is 1. The molecule has 0 aromatic heterocycles. The van der Waals surface area contributed by atoms with E-state index in [2.05, 4.69) is 0 Å². The number of hydrogen-bond acceptors (Lipinski definition) is 3. The molecule has 0 saturated heterocycles. The van der Waals surface area contributed by atoms with Crippen molar-refractivity contribution in [3.8, 4) is 0 Å². The molecule has 0 amide bonds. The quantitative estimate of drug-likeness (QED) is 0.449. The zero-order valence-electron chi connectivity index (χ0n) is 7.08. The minimum absolute atomic E-state index is 0.149. The normalized spacial score (nSPS) is 9.93. The van der Waals surface area contributed by atoms with Crippen LogP contribution in [-0.2, 0) is 0 Å². The van der Waals surface area contributed by atoms with Crippen LogP contribution in [0.4, 0.5) is 5.69 Å². The number of hydrogen-bond donors (Lipinski definition) is 0. The number of nitrogens with zero attached hydrogens (tertiary/aromatic N) is 1. The summed E-state index contributed by atoms with van der Waals surface area (Å²) in [5, 5.41) is 9.94. The molecule has 0 radical (unpaired) electrons. The maximum atomic E-state index is 10.9. The second-order valence-corrected chi connectivity index (χ2v) is 3.35. The molecule has 0 aliphatic rings. The van der Waals surface area contributed by atoms with Crippen LogP contribution in [0.3, 0.4) is 0 Å². The third-order valence-corrected chi connectivity index (χ3v) is 2.37. The molecule has 6 heteroatoms. The fraction of sp³-hybridized carbons (Fsp3) is 0.125. The highest BCUT2D eigenvalue weighted by Crippen LogP contribution is 2.29. The molecule has 1 aromatic carbocycles. The lowest BCUT2D eigenvalue weighted by Crippen LogP contribution is -2.01. The molecule has 14 heavy (non-hydrogen) atoms. The van der Waals surface area contributed by atoms with Crippen molar-refractivity contribution < 1.29 is 9.72 Å². The van der Waals surface area contributed by atoms with Crippen molar-refractivity contribution in [3.63, 3.8) is 0 Å². The Morgan fingerprint density at radius 2 is 2.07 bits per heavy atom. The fourth-order valence-corrected chi connectivity index (χ4v) is 1.47. The molecule has 0 aliphatic heterocycles. The van der Waals surface area contributed by atoms with Gasteiger partial charge >= 0.3 is 0 Å². The number of nitro groups is 1. The summed E-state index contributed by atoms with van der Waals surface area (Å²) in [6.45, 7) is 1.50. The molecule has 0 fully saturated rings. The topological polar surface area (TPSA) is 60.2 Å². The van der Waals surface area contributed by atoms with Gasteiger partial charge in [-0.15, -0.1) is 0 Å². The van der Waals surface area contributed by atoms with Crippen molar-refractivity contribution in [3.05, 3.63) is 38.4 Å². The van der Waals surface area contributed by atoms with Crippen LogP contribution in [-0.4, -0.2) is 10.2 Å². The second-order valence-electron chi connectivity index (χ2n) is 2.60. The van der Waals surface area contributed by atoms with Crippen molar-refractivity contribution in [1.82, 2.24) is 0 Å². The SMILES string of the molecule is Cc1c(Cl)ccc([N+](=O)[O-])c1C(=O)Cl. The van der Waals surface area contributed by atoms with E-state index in [4.69, 9.17) is 23.2 Å². The first-order chi connectivity index (χ1) is 6.45. The van der Waals surface area contributed by atoms with Gasteiger partial charge in [0.2, 0.25) is 0 Å². The average Bonchev–Trinajstić information content (AvgIpc) is 2.08. The van der Waals surface area contributed by atoms with E-state index in [-0.39, 0.29) is 16.3 Å². The van der Waals surface area contributed by atoms with E-state index in [1.807, 2.05) is 0 Å². The van der Waals surface area contributed by atoms with Gasteiger partial charge in [0.15, 0.2) is 0 Å². The van der Waals surface area contributed by atoms with Gasteiger partial charge in [-0.05, 0) is 30.2 Å². The van der Waals surface area contributed by atoms with Gasteiger partial charge in [-0.1, -0.05) is 11.6 Å². The summed E-state index contributed by atoms with van der Waals surface area (Å²) >= 11 is 10.9. The molecule has 0 unspecified atom stereocenters. The minimum atomic E-state index is -0.878. The van der Waals surface area contributed by atoms with Gasteiger partial charge in [0, 0.05) is 11.1 Å². The summed E-state index contributed by atoms with van der Waals surface area (Å²) in [4.78, 5) is 20.8. The predicted molar refractivity (Wildman–Crippen MR) is 53.0 cm³/mol. The monoisotopic (exact) mass is 233 g/mol. The summed E-state index contributed by atoms with van der Waals surface area (Å²) in [6.07, 6.45) is 0. The Kier molecular flexibility index (Phi) is 3.08. The van der Waals surface area contributed by atoms with E-state index >= 15 is 0 Å². The van der Waals surface area contributed by atoms with Gasteiger partial charge in [-0.2, -0.15) is 0 Å². The summed E-state index contributed by atoms with van der Waals surface area (Å²) in [6, 6.07) is 2.52. The first kappa shape index (κ1) is 10.9. The van der Waals surface area contributed by atoms with Crippen LogP contribution in [0, 0.1) is 17.0 Å². The van der Waals surface area contributed by atoms with Gasteiger partial charge in [-0.25, -0.2) is 0 Å². The lowest BCUT2D eigenvalue weighted by atomic mass is 10.1. The number of halogens is 2. The van der Waals surface area contributed by atoms with Crippen molar-refractivity contribution in [1.29, 1.82) is 0 Å². The van der Waals surface area contributed by atoms with Crippen LogP contribution in [0.15, 0.2) is 12.1 Å². The van der Waals surface area contributed by atoms with Crippen molar-refractivity contribution >= 4 is 34.1 Å². The van der Waals surface area contributed by atoms with E-state index in [0.717, 1.165) is 6.07 Å². The zero-order valence-corrected chi connectivity index (χ0v) is 8.59. The first-order valence-electron chi connectivity index (χ1n) is 3.58. The van der Waals surface area contributed by atoms with Gasteiger partial charge in [-0.3, -0.25) is 14.9 Å². The molecular weight excluding hydrogens is 229 g/mol. The first-order valence-corrected chi connectivity index (χ1v) is 4.34. The van der Waals surface area contributed by atoms with Gasteiger partial charge < -0.3 is 0 Å². The lowest BCUT2D eigenvalue weighted by Gasteiger charge is -2.03. The van der Waals surface area contributed by atoms with E-state index < -0.39 is 10.2 Å². The highest BCUT2D eigenvalue weighted by molar-refractivity contribution is 6.68. The molecule has 0 aliphatic carbocycles. The third kappa shape index (κ3) is 1.86. The van der Waals surface area contributed by atoms with E-state index in [1.54, 1.807) is 0 Å². The summed E-state index contributed by atoms with van der Waals surface area (Å²) in [7, 11) is 0. The maximum absolute atomic E-state index is 10.9. The molecule has 4 nitrogen and oxygen atoms in total. The molecule has 0 heterocycles. The number of carbonyl (C=O) groups is 1. The Labute approximate surface area is 89.6 Å². The van der Waals surface area contributed by atoms with Crippen molar-refractivity contribution in [2.45, 2.75) is 6.92 Å². The van der Waals surface area contributed by atoms with E-state index in [1.165, 1.54) is 13.0 Å². The van der Waals surface area contributed by atoms with Crippen LogP contribution in [0.1, 0.15) is 15.9 Å². The third-order valence-electron chi connectivity index (χ3n) is 1.77. The van der Waals surface area contributed by atoms with Crippen LogP contribution in [0.25, 0.3) is 0 Å². The standard InChI is InChI=1S/C8H5Cl2NO3/c1-4-5(9)2-3-6(11(13)14)7(4)8(10)12/h2-3H,1H3. The molecule has 0 bridgehead atoms. The van der Waals surface area contributed by atoms with Gasteiger partial charge in [0.1, 0.15) is 5.56 Å². The number of carbonyl (C=O) groups excluding carboxylic acids is 1. The van der Waals surface area contributed by atoms with Crippen LogP contribution >= 0.6 is 23.2 Å². The molecule has 1 aromatic rings. The molecule has 0 spiro atoms. The Balaban J connectivity index is 3.53. The molecule has 0 N–H and O–H groups in total. The van der Waals surface area contributed by atoms with Crippen LogP contribution in [0.2, 0.25) is 5.02 Å². The van der Waals surface area contributed by atoms with Crippen LogP contribution < -0.4 is 0 Å². The molecular formula is C8H5Cl2NO3. The summed E-state index contributed by atoms with van der Waals surface area (Å²) in [5.41, 5.74) is -0.156. The highest BCUT2D eigenvalue weighted by atomic mass is 35.5. The minimum Gasteiger partial charge on any atom is -0.275 e. The average molecular weight is 234 g/mol. The Morgan fingerprint density at radius 3 is 2.50 bits per heavy atom. The van der Waals surface area contributed by atoms with E-state index in [0.29, 0.717) is 5.56 Å². The summed E-state index contributed by atoms with van der Waals surface area (Å²) < 4.78 is 0. The predicted octanol–water partition coefficient (Wildman–Crippen LogP) is 2.94.